The zero-order valence-corrected chi connectivity index (χ0v) is 13.8. The first-order valence-electron chi connectivity index (χ1n) is 7.83. The summed E-state index contributed by atoms with van der Waals surface area (Å²) in [6, 6.07) is 6.33. The molecule has 4 rings (SSSR count). The largest absolute Gasteiger partial charge is 0.347 e. The minimum Gasteiger partial charge on any atom is -0.347 e. The Hall–Kier alpha value is -1.88. The summed E-state index contributed by atoms with van der Waals surface area (Å²) in [6.45, 7) is 6.29. The Balaban J connectivity index is 1.62. The molecule has 1 saturated heterocycles. The van der Waals surface area contributed by atoms with Gasteiger partial charge in [-0.2, -0.15) is 0 Å². The maximum atomic E-state index is 4.87. The van der Waals surface area contributed by atoms with Crippen molar-refractivity contribution in [2.24, 2.45) is 0 Å². The number of H-pyrrole nitrogens is 1. The van der Waals surface area contributed by atoms with Crippen molar-refractivity contribution in [3.05, 3.63) is 40.7 Å². The second kappa shape index (κ2) is 5.39. The summed E-state index contributed by atoms with van der Waals surface area (Å²) in [5.74, 6) is 1.59. The number of para-hydroxylation sites is 1. The molecule has 114 valence electrons. The van der Waals surface area contributed by atoms with Crippen LogP contribution in [0, 0.1) is 13.8 Å². The molecule has 1 N–H and O–H groups in total. The van der Waals surface area contributed by atoms with Gasteiger partial charge >= 0.3 is 0 Å². The van der Waals surface area contributed by atoms with Gasteiger partial charge in [0.1, 0.15) is 5.82 Å². The summed E-state index contributed by atoms with van der Waals surface area (Å²) in [5, 5.41) is 3.28. The highest BCUT2D eigenvalue weighted by Crippen LogP contribution is 2.31. The smallest absolute Gasteiger partial charge is 0.185 e. The van der Waals surface area contributed by atoms with Crippen molar-refractivity contribution in [1.29, 1.82) is 0 Å². The maximum absolute atomic E-state index is 4.87. The quantitative estimate of drug-likeness (QED) is 0.777. The van der Waals surface area contributed by atoms with E-state index in [4.69, 9.17) is 4.98 Å². The number of thiazole rings is 1. The Morgan fingerprint density at radius 1 is 1.27 bits per heavy atom. The van der Waals surface area contributed by atoms with Crippen molar-refractivity contribution in [2.75, 3.05) is 18.0 Å². The van der Waals surface area contributed by atoms with E-state index < -0.39 is 0 Å². The molecular formula is C17H20N4S. The molecule has 1 atom stereocenters. The molecule has 0 aliphatic carbocycles. The highest BCUT2D eigenvalue weighted by molar-refractivity contribution is 7.13. The van der Waals surface area contributed by atoms with Crippen molar-refractivity contribution in [1.82, 2.24) is 15.0 Å². The predicted octanol–water partition coefficient (Wildman–Crippen LogP) is 4.02. The van der Waals surface area contributed by atoms with E-state index in [2.05, 4.69) is 52.3 Å². The van der Waals surface area contributed by atoms with Gasteiger partial charge in [0, 0.05) is 24.4 Å². The Morgan fingerprint density at radius 3 is 2.95 bits per heavy atom. The van der Waals surface area contributed by atoms with Crippen LogP contribution in [0.3, 0.4) is 0 Å². The number of benzene rings is 1. The van der Waals surface area contributed by atoms with E-state index in [0.29, 0.717) is 5.92 Å². The Morgan fingerprint density at radius 2 is 2.18 bits per heavy atom. The van der Waals surface area contributed by atoms with Crippen LogP contribution in [0.5, 0.6) is 0 Å². The van der Waals surface area contributed by atoms with Crippen molar-refractivity contribution < 1.29 is 0 Å². The van der Waals surface area contributed by atoms with Crippen LogP contribution in [0.25, 0.3) is 11.0 Å². The van der Waals surface area contributed by atoms with Crippen LogP contribution in [0.2, 0.25) is 0 Å². The second-order valence-corrected chi connectivity index (χ2v) is 6.99. The number of aromatic nitrogens is 3. The van der Waals surface area contributed by atoms with E-state index in [1.54, 1.807) is 11.3 Å². The first-order chi connectivity index (χ1) is 10.7. The second-order valence-electron chi connectivity index (χ2n) is 6.15. The molecule has 0 spiro atoms. The normalized spacial score (nSPS) is 19.0. The molecule has 0 amide bonds. The van der Waals surface area contributed by atoms with Crippen molar-refractivity contribution in [3.63, 3.8) is 0 Å². The number of nitrogens with one attached hydrogen (secondary N) is 1. The molecule has 1 aliphatic rings. The third-order valence-electron chi connectivity index (χ3n) is 4.42. The van der Waals surface area contributed by atoms with Gasteiger partial charge in [-0.05, 0) is 38.3 Å². The molecule has 1 fully saturated rings. The van der Waals surface area contributed by atoms with Gasteiger partial charge in [-0.1, -0.05) is 12.1 Å². The minimum atomic E-state index is 0.463. The van der Waals surface area contributed by atoms with Crippen LogP contribution in [0.1, 0.15) is 35.8 Å². The molecule has 0 saturated carbocycles. The molecule has 0 radical (unpaired) electrons. The molecule has 22 heavy (non-hydrogen) atoms. The molecule has 4 nitrogen and oxygen atoms in total. The number of hydrogen-bond acceptors (Lipinski definition) is 4. The van der Waals surface area contributed by atoms with Gasteiger partial charge in [-0.25, -0.2) is 9.97 Å². The van der Waals surface area contributed by atoms with Crippen molar-refractivity contribution in [2.45, 2.75) is 32.6 Å². The summed E-state index contributed by atoms with van der Waals surface area (Å²) < 4.78 is 0. The standard InChI is InChI=1S/C17H20N4S/c1-11-5-3-7-14-15(11)20-16(19-14)13-6-4-8-21(9-13)17-18-12(2)10-22-17/h3,5,7,10,13H,4,6,8-9H2,1-2H3,(H,19,20)/t13-/m1/s1. The molecule has 3 heterocycles. The molecule has 1 aliphatic heterocycles. The Kier molecular flexibility index (Phi) is 3.37. The van der Waals surface area contributed by atoms with E-state index in [0.717, 1.165) is 40.8 Å². The van der Waals surface area contributed by atoms with Crippen molar-refractivity contribution in [3.8, 4) is 0 Å². The SMILES string of the molecule is Cc1csc(N2CCC[C@@H](c3nc4c(C)cccc4[nH]3)C2)n1. The number of hydrogen-bond donors (Lipinski definition) is 1. The van der Waals surface area contributed by atoms with Crippen LogP contribution in [-0.4, -0.2) is 28.0 Å². The molecule has 1 aromatic carbocycles. The number of fused-ring (bicyclic) bond motifs is 1. The van der Waals surface area contributed by atoms with E-state index in [1.165, 1.54) is 18.4 Å². The average Bonchev–Trinajstić information content (AvgIpc) is 3.14. The highest BCUT2D eigenvalue weighted by Gasteiger charge is 2.25. The fourth-order valence-electron chi connectivity index (χ4n) is 3.25. The van der Waals surface area contributed by atoms with Crippen LogP contribution in [-0.2, 0) is 0 Å². The van der Waals surface area contributed by atoms with Gasteiger partial charge in [0.05, 0.1) is 16.7 Å². The zero-order valence-electron chi connectivity index (χ0n) is 13.0. The number of aromatic amines is 1. The summed E-state index contributed by atoms with van der Waals surface area (Å²) in [4.78, 5) is 15.4. The average molecular weight is 312 g/mol. The van der Waals surface area contributed by atoms with Gasteiger partial charge in [0.2, 0.25) is 0 Å². The van der Waals surface area contributed by atoms with Gasteiger partial charge in [-0.15, -0.1) is 11.3 Å². The van der Waals surface area contributed by atoms with E-state index >= 15 is 0 Å². The lowest BCUT2D eigenvalue weighted by molar-refractivity contribution is 0.494. The van der Waals surface area contributed by atoms with Gasteiger partial charge in [-0.3, -0.25) is 0 Å². The maximum Gasteiger partial charge on any atom is 0.185 e. The lowest BCUT2D eigenvalue weighted by atomic mass is 9.98. The lowest BCUT2D eigenvalue weighted by Crippen LogP contribution is -2.34. The van der Waals surface area contributed by atoms with Crippen LogP contribution < -0.4 is 4.90 Å². The molecule has 0 unspecified atom stereocenters. The fourth-order valence-corrected chi connectivity index (χ4v) is 4.09. The minimum absolute atomic E-state index is 0.463. The monoisotopic (exact) mass is 312 g/mol. The van der Waals surface area contributed by atoms with Gasteiger partial charge < -0.3 is 9.88 Å². The fraction of sp³-hybridized carbons (Fsp3) is 0.412. The topological polar surface area (TPSA) is 44.8 Å². The number of aryl methyl sites for hydroxylation is 2. The van der Waals surface area contributed by atoms with Crippen LogP contribution in [0.15, 0.2) is 23.6 Å². The van der Waals surface area contributed by atoms with Crippen LogP contribution >= 0.6 is 11.3 Å². The number of piperidine rings is 1. The summed E-state index contributed by atoms with van der Waals surface area (Å²) in [6.07, 6.45) is 2.39. The number of imidazole rings is 1. The van der Waals surface area contributed by atoms with Crippen LogP contribution in [0.4, 0.5) is 5.13 Å². The van der Waals surface area contributed by atoms with Gasteiger partial charge in [0.25, 0.3) is 0 Å². The van der Waals surface area contributed by atoms with Gasteiger partial charge in [0.15, 0.2) is 5.13 Å². The van der Waals surface area contributed by atoms with E-state index in [9.17, 15) is 0 Å². The zero-order chi connectivity index (χ0) is 15.1. The summed E-state index contributed by atoms with van der Waals surface area (Å²) in [7, 11) is 0. The molecular weight excluding hydrogens is 292 g/mol. The first-order valence-corrected chi connectivity index (χ1v) is 8.71. The molecule has 5 heteroatoms. The number of rotatable bonds is 2. The predicted molar refractivity (Wildman–Crippen MR) is 91.9 cm³/mol. The third-order valence-corrected chi connectivity index (χ3v) is 5.44. The molecule has 2 aromatic heterocycles. The summed E-state index contributed by atoms with van der Waals surface area (Å²) >= 11 is 1.74. The summed E-state index contributed by atoms with van der Waals surface area (Å²) in [5.41, 5.74) is 4.61. The Labute approximate surface area is 134 Å². The molecule has 0 bridgehead atoms. The van der Waals surface area contributed by atoms with Crippen molar-refractivity contribution >= 4 is 27.5 Å². The number of nitrogens with zero attached hydrogens (tertiary/aromatic N) is 3. The van der Waals surface area contributed by atoms with E-state index in [1.807, 2.05) is 0 Å². The number of anilines is 1. The Bertz CT molecular complexity index is 804. The van der Waals surface area contributed by atoms with E-state index in [-0.39, 0.29) is 0 Å². The highest BCUT2D eigenvalue weighted by atomic mass is 32.1. The molecule has 3 aromatic rings. The third kappa shape index (κ3) is 2.39. The lowest BCUT2D eigenvalue weighted by Gasteiger charge is -2.31. The first kappa shape index (κ1) is 13.8.